The van der Waals surface area contributed by atoms with Gasteiger partial charge in [-0.2, -0.15) is 11.8 Å². The molecule has 2 N–H and O–H groups in total. The third kappa shape index (κ3) is 3.21. The molecular formula is C14H18FNO2S. The van der Waals surface area contributed by atoms with Gasteiger partial charge in [0.2, 0.25) is 0 Å². The first-order valence-electron chi connectivity index (χ1n) is 6.27. The first-order chi connectivity index (χ1) is 8.90. The topological polar surface area (TPSA) is 49.3 Å². The van der Waals surface area contributed by atoms with Crippen LogP contribution in [0.25, 0.3) is 0 Å². The quantitative estimate of drug-likeness (QED) is 0.892. The zero-order chi connectivity index (χ0) is 14.0. The van der Waals surface area contributed by atoms with Gasteiger partial charge >= 0.3 is 5.97 Å². The smallest absolute Gasteiger partial charge is 0.335 e. The molecule has 1 unspecified atom stereocenters. The van der Waals surface area contributed by atoms with Crippen LogP contribution >= 0.6 is 11.8 Å². The van der Waals surface area contributed by atoms with Crippen molar-refractivity contribution in [3.05, 3.63) is 29.6 Å². The molecule has 0 aromatic heterocycles. The van der Waals surface area contributed by atoms with Crippen molar-refractivity contribution < 1.29 is 14.3 Å². The van der Waals surface area contributed by atoms with Crippen molar-refractivity contribution in [2.75, 3.05) is 16.8 Å². The number of anilines is 1. The number of carboxylic acid groups (broad SMARTS) is 1. The van der Waals surface area contributed by atoms with Crippen molar-refractivity contribution in [2.24, 2.45) is 5.41 Å². The van der Waals surface area contributed by atoms with Gasteiger partial charge in [-0.05, 0) is 35.8 Å². The molecule has 0 amide bonds. The number of hydrogen-bond acceptors (Lipinski definition) is 3. The molecule has 104 valence electrons. The average molecular weight is 283 g/mol. The van der Waals surface area contributed by atoms with Gasteiger partial charge < -0.3 is 10.4 Å². The van der Waals surface area contributed by atoms with Crippen molar-refractivity contribution in [1.82, 2.24) is 0 Å². The molecule has 19 heavy (non-hydrogen) atoms. The molecule has 1 atom stereocenters. The summed E-state index contributed by atoms with van der Waals surface area (Å²) in [6, 6.07) is 4.00. The lowest BCUT2D eigenvalue weighted by atomic mass is 9.82. The average Bonchev–Trinajstić information content (AvgIpc) is 2.34. The summed E-state index contributed by atoms with van der Waals surface area (Å²) in [4.78, 5) is 10.9. The number of thioether (sulfide) groups is 1. The summed E-state index contributed by atoms with van der Waals surface area (Å²) in [5, 5.41) is 12.1. The summed E-state index contributed by atoms with van der Waals surface area (Å²) in [7, 11) is 0. The largest absolute Gasteiger partial charge is 0.478 e. The minimum Gasteiger partial charge on any atom is -0.478 e. The van der Waals surface area contributed by atoms with Crippen molar-refractivity contribution >= 4 is 23.4 Å². The Kier molecular flexibility index (Phi) is 4.04. The van der Waals surface area contributed by atoms with E-state index in [1.165, 1.54) is 18.2 Å². The molecule has 0 bridgehead atoms. The second-order valence-corrected chi connectivity index (χ2v) is 6.66. The molecule has 0 radical (unpaired) electrons. The van der Waals surface area contributed by atoms with E-state index >= 15 is 0 Å². The predicted molar refractivity (Wildman–Crippen MR) is 76.5 cm³/mol. The van der Waals surface area contributed by atoms with Crippen LogP contribution in [0, 0.1) is 11.2 Å². The zero-order valence-corrected chi connectivity index (χ0v) is 11.9. The molecule has 1 aromatic rings. The van der Waals surface area contributed by atoms with Crippen LogP contribution in [0.1, 0.15) is 30.6 Å². The summed E-state index contributed by atoms with van der Waals surface area (Å²) in [6.07, 6.45) is 1.07. The number of aromatic carboxylic acids is 1. The van der Waals surface area contributed by atoms with Gasteiger partial charge in [-0.15, -0.1) is 0 Å². The SMILES string of the molecule is CC1(C)CCSCC1Nc1cc(C(=O)O)ccc1F. The highest BCUT2D eigenvalue weighted by atomic mass is 32.2. The molecule has 2 rings (SSSR count). The Hall–Kier alpha value is -1.23. The van der Waals surface area contributed by atoms with E-state index in [1.807, 2.05) is 11.8 Å². The monoisotopic (exact) mass is 283 g/mol. The van der Waals surface area contributed by atoms with Crippen LogP contribution in [0.4, 0.5) is 10.1 Å². The molecule has 1 aliphatic rings. The van der Waals surface area contributed by atoms with Crippen LogP contribution < -0.4 is 5.32 Å². The second kappa shape index (κ2) is 5.41. The van der Waals surface area contributed by atoms with Crippen LogP contribution in [0.3, 0.4) is 0 Å². The Balaban J connectivity index is 2.22. The van der Waals surface area contributed by atoms with Crippen molar-refractivity contribution in [2.45, 2.75) is 26.3 Å². The molecule has 1 aromatic carbocycles. The van der Waals surface area contributed by atoms with Gasteiger partial charge in [0.05, 0.1) is 11.3 Å². The molecule has 0 spiro atoms. The van der Waals surface area contributed by atoms with E-state index in [4.69, 9.17) is 5.11 Å². The number of halogens is 1. The number of carbonyl (C=O) groups is 1. The lowest BCUT2D eigenvalue weighted by molar-refractivity contribution is 0.0697. The Morgan fingerprint density at radius 3 is 2.89 bits per heavy atom. The Morgan fingerprint density at radius 1 is 1.53 bits per heavy atom. The first-order valence-corrected chi connectivity index (χ1v) is 7.43. The fourth-order valence-electron chi connectivity index (χ4n) is 2.13. The minimum absolute atomic E-state index is 0.0803. The molecule has 1 saturated heterocycles. The molecule has 0 saturated carbocycles. The molecule has 3 nitrogen and oxygen atoms in total. The summed E-state index contributed by atoms with van der Waals surface area (Å²) >= 11 is 1.84. The van der Waals surface area contributed by atoms with E-state index in [0.717, 1.165) is 17.9 Å². The standard InChI is InChI=1S/C14H18FNO2S/c1-14(2)5-6-19-8-12(14)16-11-7-9(13(17)18)3-4-10(11)15/h3-4,7,12,16H,5-6,8H2,1-2H3,(H,17,18). The third-order valence-electron chi connectivity index (χ3n) is 3.66. The lowest BCUT2D eigenvalue weighted by Crippen LogP contribution is -2.41. The summed E-state index contributed by atoms with van der Waals surface area (Å²) < 4.78 is 13.8. The predicted octanol–water partition coefficient (Wildman–Crippen LogP) is 3.47. The normalized spacial score (nSPS) is 21.9. The second-order valence-electron chi connectivity index (χ2n) is 5.51. The number of benzene rings is 1. The van der Waals surface area contributed by atoms with Gasteiger partial charge in [-0.3, -0.25) is 0 Å². The Bertz CT molecular complexity index is 490. The van der Waals surface area contributed by atoms with Crippen LogP contribution in [0.15, 0.2) is 18.2 Å². The van der Waals surface area contributed by atoms with Crippen LogP contribution in [0.5, 0.6) is 0 Å². The fourth-order valence-corrected chi connectivity index (χ4v) is 3.74. The molecule has 1 fully saturated rings. The summed E-state index contributed by atoms with van der Waals surface area (Å²) in [5.74, 6) is 0.573. The van der Waals surface area contributed by atoms with E-state index in [0.29, 0.717) is 0 Å². The van der Waals surface area contributed by atoms with E-state index in [1.54, 1.807) is 0 Å². The van der Waals surface area contributed by atoms with Gasteiger partial charge in [-0.1, -0.05) is 13.8 Å². The molecule has 5 heteroatoms. The van der Waals surface area contributed by atoms with Crippen LogP contribution in [-0.2, 0) is 0 Å². The van der Waals surface area contributed by atoms with Gasteiger partial charge in [-0.25, -0.2) is 9.18 Å². The highest BCUT2D eigenvalue weighted by Gasteiger charge is 2.33. The zero-order valence-electron chi connectivity index (χ0n) is 11.1. The summed E-state index contributed by atoms with van der Waals surface area (Å²) in [6.45, 7) is 4.31. The van der Waals surface area contributed by atoms with Gasteiger partial charge in [0.15, 0.2) is 0 Å². The van der Waals surface area contributed by atoms with Gasteiger partial charge in [0.25, 0.3) is 0 Å². The number of hydrogen-bond donors (Lipinski definition) is 2. The van der Waals surface area contributed by atoms with Crippen molar-refractivity contribution in [3.63, 3.8) is 0 Å². The highest BCUT2D eigenvalue weighted by molar-refractivity contribution is 7.99. The molecule has 1 aliphatic heterocycles. The first kappa shape index (κ1) is 14.2. The maximum atomic E-state index is 13.8. The van der Waals surface area contributed by atoms with Gasteiger partial charge in [0, 0.05) is 11.8 Å². The van der Waals surface area contributed by atoms with E-state index in [2.05, 4.69) is 19.2 Å². The Morgan fingerprint density at radius 2 is 2.26 bits per heavy atom. The fraction of sp³-hybridized carbons (Fsp3) is 0.500. The lowest BCUT2D eigenvalue weighted by Gasteiger charge is -2.39. The van der Waals surface area contributed by atoms with Crippen LogP contribution in [0.2, 0.25) is 0 Å². The number of rotatable bonds is 3. The van der Waals surface area contributed by atoms with E-state index < -0.39 is 11.8 Å². The number of carboxylic acids is 1. The maximum absolute atomic E-state index is 13.8. The van der Waals surface area contributed by atoms with Crippen LogP contribution in [-0.4, -0.2) is 28.6 Å². The molecule has 1 heterocycles. The van der Waals surface area contributed by atoms with E-state index in [-0.39, 0.29) is 22.7 Å². The maximum Gasteiger partial charge on any atom is 0.335 e. The molecular weight excluding hydrogens is 265 g/mol. The van der Waals surface area contributed by atoms with Crippen molar-refractivity contribution in [3.8, 4) is 0 Å². The minimum atomic E-state index is -1.04. The van der Waals surface area contributed by atoms with E-state index in [9.17, 15) is 9.18 Å². The number of nitrogens with one attached hydrogen (secondary N) is 1. The third-order valence-corrected chi connectivity index (χ3v) is 4.72. The van der Waals surface area contributed by atoms with Crippen molar-refractivity contribution in [1.29, 1.82) is 0 Å². The Labute approximate surface area is 116 Å². The van der Waals surface area contributed by atoms with Gasteiger partial charge in [0.1, 0.15) is 5.82 Å². The molecule has 0 aliphatic carbocycles. The highest BCUT2D eigenvalue weighted by Crippen LogP contribution is 2.36. The summed E-state index contributed by atoms with van der Waals surface area (Å²) in [5.41, 5.74) is 0.461.